The lowest BCUT2D eigenvalue weighted by molar-refractivity contribution is -0.127. The molecule has 2 saturated carbocycles. The van der Waals surface area contributed by atoms with Crippen molar-refractivity contribution in [3.63, 3.8) is 0 Å². The maximum absolute atomic E-state index is 12.4. The van der Waals surface area contributed by atoms with Crippen LogP contribution in [0.25, 0.3) is 0 Å². The normalized spacial score (nSPS) is 28.5. The summed E-state index contributed by atoms with van der Waals surface area (Å²) in [6.45, 7) is 0.124. The number of thioether (sulfide) groups is 2. The van der Waals surface area contributed by atoms with Gasteiger partial charge in [-0.1, -0.05) is 0 Å². The number of rotatable bonds is 6. The predicted molar refractivity (Wildman–Crippen MR) is 95.4 cm³/mol. The molecule has 2 aliphatic carbocycles. The van der Waals surface area contributed by atoms with Crippen LogP contribution in [-0.4, -0.2) is 24.5 Å². The van der Waals surface area contributed by atoms with Crippen molar-refractivity contribution in [1.82, 2.24) is 5.32 Å². The first-order chi connectivity index (χ1) is 11.2. The first-order valence-electron chi connectivity index (χ1n) is 8.12. The van der Waals surface area contributed by atoms with Gasteiger partial charge < -0.3 is 5.32 Å². The molecule has 1 aromatic rings. The van der Waals surface area contributed by atoms with Crippen LogP contribution in [0.15, 0.2) is 34.1 Å². The Labute approximate surface area is 146 Å². The number of hydrogen-bond acceptors (Lipinski definition) is 4. The van der Waals surface area contributed by atoms with E-state index in [1.165, 1.54) is 22.6 Å². The van der Waals surface area contributed by atoms with Crippen LogP contribution in [0.4, 0.5) is 0 Å². The molecule has 2 aliphatic rings. The van der Waals surface area contributed by atoms with Crippen molar-refractivity contribution >= 4 is 29.4 Å². The molecule has 3 rings (SSSR count). The summed E-state index contributed by atoms with van der Waals surface area (Å²) >= 11 is 3.61. The van der Waals surface area contributed by atoms with Gasteiger partial charge in [-0.25, -0.2) is 0 Å². The van der Waals surface area contributed by atoms with Crippen LogP contribution in [0.3, 0.4) is 0 Å². The number of nitrogens with zero attached hydrogens (tertiary/aromatic N) is 1. The summed E-state index contributed by atoms with van der Waals surface area (Å²) in [5.74, 6) is 3.20. The highest BCUT2D eigenvalue weighted by molar-refractivity contribution is 7.99. The van der Waals surface area contributed by atoms with Crippen molar-refractivity contribution in [3.05, 3.63) is 24.3 Å². The van der Waals surface area contributed by atoms with Gasteiger partial charge in [0.2, 0.25) is 5.91 Å². The van der Waals surface area contributed by atoms with Crippen LogP contribution in [0.2, 0.25) is 0 Å². The molecule has 0 bridgehead atoms. The molecule has 1 N–H and O–H groups in total. The first kappa shape index (κ1) is 16.7. The monoisotopic (exact) mass is 346 g/mol. The van der Waals surface area contributed by atoms with Crippen molar-refractivity contribution in [1.29, 1.82) is 5.26 Å². The molecule has 0 spiro atoms. The van der Waals surface area contributed by atoms with Crippen LogP contribution >= 0.6 is 23.5 Å². The molecule has 4 atom stereocenters. The minimum Gasteiger partial charge on any atom is -0.343 e. The number of hydrogen-bond donors (Lipinski definition) is 1. The van der Waals surface area contributed by atoms with Gasteiger partial charge in [-0.05, 0) is 67.5 Å². The second kappa shape index (κ2) is 7.63. The molecule has 5 heteroatoms. The fourth-order valence-corrected chi connectivity index (χ4v) is 5.11. The van der Waals surface area contributed by atoms with E-state index in [2.05, 4.69) is 35.8 Å². The topological polar surface area (TPSA) is 52.9 Å². The van der Waals surface area contributed by atoms with Crippen LogP contribution in [-0.2, 0) is 4.79 Å². The molecule has 4 unspecified atom stereocenters. The Morgan fingerprint density at radius 2 is 1.91 bits per heavy atom. The summed E-state index contributed by atoms with van der Waals surface area (Å²) in [7, 11) is 0. The smallest absolute Gasteiger partial charge is 0.224 e. The molecule has 0 aliphatic heterocycles. The third-order valence-corrected chi connectivity index (χ3v) is 6.95. The molecular weight excluding hydrogens is 324 g/mol. The fraction of sp³-hybridized carbons (Fsp3) is 0.556. The van der Waals surface area contributed by atoms with Crippen molar-refractivity contribution in [2.24, 2.45) is 23.7 Å². The van der Waals surface area contributed by atoms with E-state index in [1.807, 2.05) is 17.8 Å². The van der Waals surface area contributed by atoms with Crippen LogP contribution < -0.4 is 5.32 Å². The third kappa shape index (κ3) is 4.24. The number of carbonyl (C=O) groups is 1. The third-order valence-electron chi connectivity index (χ3n) is 5.00. The molecule has 0 saturated heterocycles. The molecule has 1 amide bonds. The molecule has 1 aromatic carbocycles. The predicted octanol–water partition coefficient (Wildman–Crippen LogP) is 3.80. The lowest BCUT2D eigenvalue weighted by Crippen LogP contribution is -2.38. The Balaban J connectivity index is 1.59. The Morgan fingerprint density at radius 3 is 2.61 bits per heavy atom. The molecule has 0 heterocycles. The van der Waals surface area contributed by atoms with Gasteiger partial charge in [-0.2, -0.15) is 5.26 Å². The van der Waals surface area contributed by atoms with Crippen molar-refractivity contribution in [2.45, 2.75) is 29.1 Å². The van der Waals surface area contributed by atoms with E-state index < -0.39 is 0 Å². The molecule has 2 fully saturated rings. The number of nitrogens with one attached hydrogen (secondary N) is 1. The Bertz CT molecular complexity index is 596. The minimum atomic E-state index is 0.0835. The summed E-state index contributed by atoms with van der Waals surface area (Å²) < 4.78 is 0. The summed E-state index contributed by atoms with van der Waals surface area (Å²) in [5, 5.41) is 11.4. The first-order valence-corrected chi connectivity index (χ1v) is 10.3. The van der Waals surface area contributed by atoms with Crippen molar-refractivity contribution < 1.29 is 4.79 Å². The standard InChI is InChI=1S/C18H22N2OS2/c1-22-15-2-4-16(5-3-15)23-11-14-9-12-8-13(12)10-17(14)18(21)20-7-6-19/h2-5,12-14,17H,7-11H2,1H3,(H,20,21). The molecular formula is C18H22N2OS2. The number of carbonyl (C=O) groups excluding carboxylic acids is 1. The second-order valence-corrected chi connectivity index (χ2v) is 8.43. The zero-order valence-electron chi connectivity index (χ0n) is 13.3. The summed E-state index contributed by atoms with van der Waals surface area (Å²) in [6, 6.07) is 10.7. The van der Waals surface area contributed by atoms with Crippen molar-refractivity contribution in [2.75, 3.05) is 18.6 Å². The number of amides is 1. The van der Waals surface area contributed by atoms with Gasteiger partial charge in [0.25, 0.3) is 0 Å². The SMILES string of the molecule is CSc1ccc(SCC2CC3CC3CC2C(=O)NCC#N)cc1. The summed E-state index contributed by atoms with van der Waals surface area (Å²) in [6.07, 6.45) is 5.57. The van der Waals surface area contributed by atoms with Gasteiger partial charge in [0.15, 0.2) is 0 Å². The molecule has 122 valence electrons. The molecule has 0 aromatic heterocycles. The minimum absolute atomic E-state index is 0.0835. The lowest BCUT2D eigenvalue weighted by Gasteiger charge is -2.29. The molecule has 23 heavy (non-hydrogen) atoms. The van der Waals surface area contributed by atoms with Gasteiger partial charge >= 0.3 is 0 Å². The number of benzene rings is 1. The highest BCUT2D eigenvalue weighted by Crippen LogP contribution is 2.54. The molecule has 0 radical (unpaired) electrons. The maximum atomic E-state index is 12.4. The Kier molecular flexibility index (Phi) is 5.55. The van der Waals surface area contributed by atoms with E-state index in [4.69, 9.17) is 5.26 Å². The Morgan fingerprint density at radius 1 is 1.22 bits per heavy atom. The van der Waals surface area contributed by atoms with Crippen LogP contribution in [0.1, 0.15) is 19.3 Å². The highest BCUT2D eigenvalue weighted by atomic mass is 32.2. The van der Waals surface area contributed by atoms with Gasteiger partial charge in [0, 0.05) is 21.5 Å². The van der Waals surface area contributed by atoms with E-state index in [1.54, 1.807) is 11.8 Å². The van der Waals surface area contributed by atoms with Gasteiger partial charge in [0.1, 0.15) is 6.54 Å². The number of fused-ring (bicyclic) bond motifs is 1. The highest BCUT2D eigenvalue weighted by Gasteiger charge is 2.48. The average molecular weight is 347 g/mol. The zero-order valence-corrected chi connectivity index (χ0v) is 15.0. The fourth-order valence-electron chi connectivity index (χ4n) is 3.60. The molecule has 3 nitrogen and oxygen atoms in total. The van der Waals surface area contributed by atoms with E-state index in [0.29, 0.717) is 5.92 Å². The van der Waals surface area contributed by atoms with Gasteiger partial charge in [-0.15, -0.1) is 23.5 Å². The summed E-state index contributed by atoms with van der Waals surface area (Å²) in [5.41, 5.74) is 0. The summed E-state index contributed by atoms with van der Waals surface area (Å²) in [4.78, 5) is 14.9. The van der Waals surface area contributed by atoms with E-state index in [0.717, 1.165) is 24.0 Å². The van der Waals surface area contributed by atoms with Gasteiger partial charge in [0.05, 0.1) is 6.07 Å². The van der Waals surface area contributed by atoms with E-state index in [9.17, 15) is 4.79 Å². The maximum Gasteiger partial charge on any atom is 0.224 e. The second-order valence-electron chi connectivity index (χ2n) is 6.46. The van der Waals surface area contributed by atoms with E-state index in [-0.39, 0.29) is 18.4 Å². The number of nitriles is 1. The van der Waals surface area contributed by atoms with Crippen molar-refractivity contribution in [3.8, 4) is 6.07 Å². The van der Waals surface area contributed by atoms with Gasteiger partial charge in [-0.3, -0.25) is 4.79 Å². The quantitative estimate of drug-likeness (QED) is 0.629. The zero-order chi connectivity index (χ0) is 16.2. The van der Waals surface area contributed by atoms with E-state index >= 15 is 0 Å². The van der Waals surface area contributed by atoms with Crippen LogP contribution in [0.5, 0.6) is 0 Å². The van der Waals surface area contributed by atoms with Crippen LogP contribution in [0, 0.1) is 35.0 Å². The largest absolute Gasteiger partial charge is 0.343 e. The average Bonchev–Trinajstić information content (AvgIpc) is 3.35. The lowest BCUT2D eigenvalue weighted by atomic mass is 9.80. The Hall–Kier alpha value is -1.12.